The molecule has 1 aromatic carbocycles. The maximum atomic E-state index is 13.0. The van der Waals surface area contributed by atoms with Crippen molar-refractivity contribution in [3.8, 4) is 0 Å². The number of amides is 1. The summed E-state index contributed by atoms with van der Waals surface area (Å²) in [7, 11) is 0. The van der Waals surface area contributed by atoms with Gasteiger partial charge in [0.15, 0.2) is 0 Å². The van der Waals surface area contributed by atoms with Crippen molar-refractivity contribution < 1.29 is 9.53 Å². The van der Waals surface area contributed by atoms with Crippen LogP contribution in [0.5, 0.6) is 0 Å². The SMILES string of the molecule is CCN(Cc1cccc(C)c1)C(=O)C1(CN)CCOCC1. The summed E-state index contributed by atoms with van der Waals surface area (Å²) in [6.07, 6.45) is 1.46. The van der Waals surface area contributed by atoms with E-state index in [0.29, 0.717) is 32.8 Å². The van der Waals surface area contributed by atoms with Gasteiger partial charge in [-0.3, -0.25) is 4.79 Å². The van der Waals surface area contributed by atoms with Gasteiger partial charge in [-0.25, -0.2) is 0 Å². The van der Waals surface area contributed by atoms with Gasteiger partial charge in [0.2, 0.25) is 5.91 Å². The number of aryl methyl sites for hydroxylation is 1. The first-order valence-corrected chi connectivity index (χ1v) is 7.74. The second-order valence-corrected chi connectivity index (χ2v) is 5.91. The number of carbonyl (C=O) groups excluding carboxylic acids is 1. The highest BCUT2D eigenvalue weighted by molar-refractivity contribution is 5.83. The molecule has 0 spiro atoms. The molecule has 0 bridgehead atoms. The Hall–Kier alpha value is -1.39. The summed E-state index contributed by atoms with van der Waals surface area (Å²) in [4.78, 5) is 14.9. The predicted molar refractivity (Wildman–Crippen MR) is 83.8 cm³/mol. The molecule has 21 heavy (non-hydrogen) atoms. The van der Waals surface area contributed by atoms with E-state index in [1.165, 1.54) is 11.1 Å². The van der Waals surface area contributed by atoms with Crippen molar-refractivity contribution in [3.05, 3.63) is 35.4 Å². The van der Waals surface area contributed by atoms with Crippen molar-refractivity contribution in [2.75, 3.05) is 26.3 Å². The van der Waals surface area contributed by atoms with Gasteiger partial charge in [-0.15, -0.1) is 0 Å². The normalized spacial score (nSPS) is 17.5. The molecule has 0 saturated carbocycles. The minimum absolute atomic E-state index is 0.178. The molecule has 0 atom stereocenters. The molecule has 4 heteroatoms. The topological polar surface area (TPSA) is 55.6 Å². The third kappa shape index (κ3) is 3.63. The lowest BCUT2D eigenvalue weighted by atomic mass is 9.78. The molecule has 0 aliphatic carbocycles. The fraction of sp³-hybridized carbons (Fsp3) is 0.588. The molecule has 0 aromatic heterocycles. The Bertz CT molecular complexity index is 481. The van der Waals surface area contributed by atoms with Crippen molar-refractivity contribution in [1.82, 2.24) is 4.90 Å². The summed E-state index contributed by atoms with van der Waals surface area (Å²) in [6.45, 7) is 7.11. The van der Waals surface area contributed by atoms with Crippen LogP contribution in [-0.2, 0) is 16.1 Å². The van der Waals surface area contributed by atoms with Crippen LogP contribution in [-0.4, -0.2) is 37.1 Å². The smallest absolute Gasteiger partial charge is 0.230 e. The monoisotopic (exact) mass is 290 g/mol. The summed E-state index contributed by atoms with van der Waals surface area (Å²) in [5.74, 6) is 0.178. The maximum absolute atomic E-state index is 13.0. The Balaban J connectivity index is 2.14. The predicted octanol–water partition coefficient (Wildman–Crippen LogP) is 2.10. The number of rotatable bonds is 5. The number of hydrogen-bond acceptors (Lipinski definition) is 3. The molecule has 2 rings (SSSR count). The minimum atomic E-state index is -0.432. The van der Waals surface area contributed by atoms with Crippen molar-refractivity contribution in [3.63, 3.8) is 0 Å². The van der Waals surface area contributed by atoms with Gasteiger partial charge < -0.3 is 15.4 Å². The summed E-state index contributed by atoms with van der Waals surface area (Å²) >= 11 is 0. The van der Waals surface area contributed by atoms with E-state index < -0.39 is 5.41 Å². The first kappa shape index (κ1) is 16.0. The van der Waals surface area contributed by atoms with Gasteiger partial charge in [-0.05, 0) is 32.3 Å². The molecule has 116 valence electrons. The summed E-state index contributed by atoms with van der Waals surface area (Å²) in [5, 5.41) is 0. The van der Waals surface area contributed by atoms with E-state index in [1.54, 1.807) is 0 Å². The number of benzene rings is 1. The lowest BCUT2D eigenvalue weighted by Crippen LogP contribution is -2.50. The Morgan fingerprint density at radius 2 is 2.10 bits per heavy atom. The van der Waals surface area contributed by atoms with Crippen molar-refractivity contribution in [2.45, 2.75) is 33.2 Å². The van der Waals surface area contributed by atoms with Crippen LogP contribution in [0, 0.1) is 12.3 Å². The third-order valence-corrected chi connectivity index (χ3v) is 4.42. The highest BCUT2D eigenvalue weighted by Crippen LogP contribution is 2.32. The fourth-order valence-corrected chi connectivity index (χ4v) is 2.96. The number of carbonyl (C=O) groups is 1. The molecule has 1 amide bonds. The zero-order valence-corrected chi connectivity index (χ0v) is 13.1. The van der Waals surface area contributed by atoms with E-state index in [1.807, 2.05) is 17.9 Å². The quantitative estimate of drug-likeness (QED) is 0.903. The van der Waals surface area contributed by atoms with Gasteiger partial charge in [0.25, 0.3) is 0 Å². The molecule has 1 fully saturated rings. The van der Waals surface area contributed by atoms with E-state index in [0.717, 1.165) is 12.8 Å². The number of nitrogens with zero attached hydrogens (tertiary/aromatic N) is 1. The third-order valence-electron chi connectivity index (χ3n) is 4.42. The van der Waals surface area contributed by atoms with Crippen LogP contribution in [0.25, 0.3) is 0 Å². The van der Waals surface area contributed by atoms with Gasteiger partial charge in [-0.1, -0.05) is 29.8 Å². The molecule has 2 N–H and O–H groups in total. The molecule has 1 aliphatic rings. The average molecular weight is 290 g/mol. The molecule has 0 radical (unpaired) electrons. The standard InChI is InChI=1S/C17H26N2O2/c1-3-19(12-15-6-4-5-14(2)11-15)16(20)17(13-18)7-9-21-10-8-17/h4-6,11H,3,7-10,12-13,18H2,1-2H3. The fourth-order valence-electron chi connectivity index (χ4n) is 2.96. The summed E-state index contributed by atoms with van der Waals surface area (Å²) < 4.78 is 5.40. The molecule has 0 unspecified atom stereocenters. The highest BCUT2D eigenvalue weighted by atomic mass is 16.5. The summed E-state index contributed by atoms with van der Waals surface area (Å²) in [5.41, 5.74) is 7.90. The highest BCUT2D eigenvalue weighted by Gasteiger charge is 2.41. The van der Waals surface area contributed by atoms with Crippen LogP contribution in [0.1, 0.15) is 30.9 Å². The van der Waals surface area contributed by atoms with Crippen LogP contribution in [0.4, 0.5) is 0 Å². The first-order chi connectivity index (χ1) is 10.1. The molecule has 1 saturated heterocycles. The number of hydrogen-bond donors (Lipinski definition) is 1. The van der Waals surface area contributed by atoms with Gasteiger partial charge in [0.1, 0.15) is 0 Å². The Labute approximate surface area is 127 Å². The largest absolute Gasteiger partial charge is 0.381 e. The van der Waals surface area contributed by atoms with E-state index >= 15 is 0 Å². The van der Waals surface area contributed by atoms with Crippen LogP contribution in [0.15, 0.2) is 24.3 Å². The minimum Gasteiger partial charge on any atom is -0.381 e. The lowest BCUT2D eigenvalue weighted by Gasteiger charge is -2.38. The first-order valence-electron chi connectivity index (χ1n) is 7.74. The maximum Gasteiger partial charge on any atom is 0.230 e. The lowest BCUT2D eigenvalue weighted by molar-refractivity contribution is -0.147. The second kappa shape index (κ2) is 7.05. The Kier molecular flexibility index (Phi) is 5.37. The van der Waals surface area contributed by atoms with Crippen LogP contribution >= 0.6 is 0 Å². The van der Waals surface area contributed by atoms with E-state index in [4.69, 9.17) is 10.5 Å². The van der Waals surface area contributed by atoms with E-state index in [-0.39, 0.29) is 5.91 Å². The van der Waals surface area contributed by atoms with Gasteiger partial charge in [-0.2, -0.15) is 0 Å². The molecule has 1 aromatic rings. The molecule has 1 aliphatic heterocycles. The van der Waals surface area contributed by atoms with Crippen molar-refractivity contribution in [1.29, 1.82) is 0 Å². The Morgan fingerprint density at radius 1 is 1.38 bits per heavy atom. The Morgan fingerprint density at radius 3 is 2.67 bits per heavy atom. The second-order valence-electron chi connectivity index (χ2n) is 5.91. The zero-order valence-electron chi connectivity index (χ0n) is 13.1. The van der Waals surface area contributed by atoms with E-state index in [9.17, 15) is 4.79 Å². The van der Waals surface area contributed by atoms with Gasteiger partial charge in [0, 0.05) is 32.8 Å². The van der Waals surface area contributed by atoms with E-state index in [2.05, 4.69) is 25.1 Å². The van der Waals surface area contributed by atoms with Crippen LogP contribution in [0.2, 0.25) is 0 Å². The molecule has 1 heterocycles. The van der Waals surface area contributed by atoms with Gasteiger partial charge >= 0.3 is 0 Å². The average Bonchev–Trinajstić information content (AvgIpc) is 2.52. The molecular formula is C17H26N2O2. The number of ether oxygens (including phenoxy) is 1. The van der Waals surface area contributed by atoms with Crippen LogP contribution < -0.4 is 5.73 Å². The van der Waals surface area contributed by atoms with Crippen molar-refractivity contribution in [2.24, 2.45) is 11.1 Å². The van der Waals surface area contributed by atoms with Crippen LogP contribution in [0.3, 0.4) is 0 Å². The molecule has 4 nitrogen and oxygen atoms in total. The van der Waals surface area contributed by atoms with Gasteiger partial charge in [0.05, 0.1) is 5.41 Å². The molecular weight excluding hydrogens is 264 g/mol. The zero-order chi connectivity index (χ0) is 15.3. The van der Waals surface area contributed by atoms with Crippen molar-refractivity contribution >= 4 is 5.91 Å². The summed E-state index contributed by atoms with van der Waals surface area (Å²) in [6, 6.07) is 8.31. The number of nitrogens with two attached hydrogens (primary N) is 1.